The Morgan fingerprint density at radius 1 is 1.47 bits per heavy atom. The summed E-state index contributed by atoms with van der Waals surface area (Å²) in [7, 11) is 1.89. The maximum atomic E-state index is 8.68. The number of anilines is 1. The van der Waals surface area contributed by atoms with Crippen LogP contribution in [0.3, 0.4) is 0 Å². The first-order valence-electron chi connectivity index (χ1n) is 4.71. The largest absolute Gasteiger partial charge is 0.398 e. The minimum absolute atomic E-state index is 0.484. The molecule has 0 unspecified atom stereocenters. The molecule has 0 saturated carbocycles. The van der Waals surface area contributed by atoms with Crippen molar-refractivity contribution in [1.82, 2.24) is 5.32 Å². The normalized spacial score (nSPS) is 8.80. The quantitative estimate of drug-likeness (QED) is 0.426. The summed E-state index contributed by atoms with van der Waals surface area (Å²) in [6, 6.07) is 7.24. The topological polar surface area (TPSA) is 61.8 Å². The maximum Gasteiger partial charge on any atom is 0.101 e. The van der Waals surface area contributed by atoms with E-state index in [2.05, 4.69) is 17.2 Å². The third kappa shape index (κ3) is 3.34. The number of nitriles is 1. The van der Waals surface area contributed by atoms with Crippen LogP contribution in [0.1, 0.15) is 17.5 Å². The molecule has 0 spiro atoms. The number of nitrogen functional groups attached to an aromatic ring is 1. The van der Waals surface area contributed by atoms with Crippen LogP contribution in [0.2, 0.25) is 0 Å². The number of hydrogen-bond acceptors (Lipinski definition) is 3. The summed E-state index contributed by atoms with van der Waals surface area (Å²) >= 11 is 0. The van der Waals surface area contributed by atoms with Crippen molar-refractivity contribution in [3.8, 4) is 17.9 Å². The highest BCUT2D eigenvalue weighted by Crippen LogP contribution is 2.12. The number of hydrogen-bond donors (Lipinski definition) is 2. The van der Waals surface area contributed by atoms with Gasteiger partial charge < -0.3 is 11.1 Å². The van der Waals surface area contributed by atoms with Crippen LogP contribution in [-0.2, 0) is 0 Å². The Hall–Kier alpha value is -1.97. The maximum absolute atomic E-state index is 8.68. The minimum atomic E-state index is 0.484. The van der Waals surface area contributed by atoms with Gasteiger partial charge in [0.15, 0.2) is 0 Å². The van der Waals surface area contributed by atoms with Crippen LogP contribution in [-0.4, -0.2) is 13.6 Å². The number of rotatable bonds is 2. The first-order chi connectivity index (χ1) is 7.27. The molecular weight excluding hydrogens is 186 g/mol. The molecule has 0 radical (unpaired) electrons. The molecule has 1 aromatic rings. The molecule has 0 aliphatic carbocycles. The van der Waals surface area contributed by atoms with Crippen molar-refractivity contribution in [3.63, 3.8) is 0 Å². The second-order valence-corrected chi connectivity index (χ2v) is 3.07. The van der Waals surface area contributed by atoms with Gasteiger partial charge in [-0.15, -0.1) is 0 Å². The zero-order chi connectivity index (χ0) is 11.1. The van der Waals surface area contributed by atoms with Gasteiger partial charge in [0.05, 0.1) is 11.3 Å². The van der Waals surface area contributed by atoms with Crippen LogP contribution >= 0.6 is 0 Å². The van der Waals surface area contributed by atoms with E-state index >= 15 is 0 Å². The van der Waals surface area contributed by atoms with Crippen LogP contribution in [0.5, 0.6) is 0 Å². The zero-order valence-corrected chi connectivity index (χ0v) is 8.67. The molecule has 76 valence electrons. The van der Waals surface area contributed by atoms with Crippen LogP contribution in [0.15, 0.2) is 18.2 Å². The molecule has 0 amide bonds. The predicted molar refractivity (Wildman–Crippen MR) is 61.0 cm³/mol. The molecule has 0 heterocycles. The fourth-order valence-electron chi connectivity index (χ4n) is 1.09. The summed E-state index contributed by atoms with van der Waals surface area (Å²) in [5.41, 5.74) is 7.49. The third-order valence-corrected chi connectivity index (χ3v) is 1.90. The fraction of sp³-hybridized carbons (Fsp3) is 0.250. The van der Waals surface area contributed by atoms with E-state index in [1.54, 1.807) is 18.2 Å². The Balaban J connectivity index is 2.75. The molecule has 3 heteroatoms. The van der Waals surface area contributed by atoms with E-state index in [0.717, 1.165) is 18.5 Å². The lowest BCUT2D eigenvalue weighted by Gasteiger charge is -1.96. The van der Waals surface area contributed by atoms with E-state index in [1.165, 1.54) is 0 Å². The summed E-state index contributed by atoms with van der Waals surface area (Å²) in [4.78, 5) is 0. The van der Waals surface area contributed by atoms with Gasteiger partial charge in [-0.05, 0) is 25.2 Å². The summed E-state index contributed by atoms with van der Waals surface area (Å²) in [5.74, 6) is 6.01. The lowest BCUT2D eigenvalue weighted by molar-refractivity contribution is 0.818. The van der Waals surface area contributed by atoms with Crippen LogP contribution in [0, 0.1) is 23.2 Å². The zero-order valence-electron chi connectivity index (χ0n) is 8.67. The molecule has 0 aromatic heterocycles. The van der Waals surface area contributed by atoms with Gasteiger partial charge in [-0.3, -0.25) is 0 Å². The van der Waals surface area contributed by atoms with Crippen LogP contribution in [0.4, 0.5) is 5.69 Å². The summed E-state index contributed by atoms with van der Waals surface area (Å²) in [5, 5.41) is 11.7. The van der Waals surface area contributed by atoms with Crippen molar-refractivity contribution >= 4 is 5.69 Å². The molecule has 0 aliphatic heterocycles. The van der Waals surface area contributed by atoms with E-state index < -0.39 is 0 Å². The standard InChI is InChI=1S/C12H13N3/c1-15-7-3-2-4-10-5-6-11(9-13)12(14)8-10/h5-6,8,15H,3,7,14H2,1H3. The van der Waals surface area contributed by atoms with Crippen molar-refractivity contribution in [2.45, 2.75) is 6.42 Å². The Morgan fingerprint density at radius 2 is 2.27 bits per heavy atom. The second kappa shape index (κ2) is 5.70. The minimum Gasteiger partial charge on any atom is -0.398 e. The number of nitrogens with zero attached hydrogens (tertiary/aromatic N) is 1. The van der Waals surface area contributed by atoms with Gasteiger partial charge >= 0.3 is 0 Å². The van der Waals surface area contributed by atoms with Crippen molar-refractivity contribution in [3.05, 3.63) is 29.3 Å². The molecule has 3 N–H and O–H groups in total. The van der Waals surface area contributed by atoms with Crippen molar-refractivity contribution in [1.29, 1.82) is 5.26 Å². The summed E-state index contributed by atoms with van der Waals surface area (Å²) in [6.45, 7) is 0.874. The Bertz CT molecular complexity index is 432. The van der Waals surface area contributed by atoms with Crippen molar-refractivity contribution < 1.29 is 0 Å². The highest BCUT2D eigenvalue weighted by molar-refractivity contribution is 5.58. The molecule has 0 aliphatic rings. The molecule has 1 rings (SSSR count). The Morgan fingerprint density at radius 3 is 2.87 bits per heavy atom. The van der Waals surface area contributed by atoms with Gasteiger partial charge in [-0.25, -0.2) is 0 Å². The van der Waals surface area contributed by atoms with E-state index in [4.69, 9.17) is 11.0 Å². The lowest BCUT2D eigenvalue weighted by Crippen LogP contribution is -2.05. The fourth-order valence-corrected chi connectivity index (χ4v) is 1.09. The Kier molecular flexibility index (Phi) is 4.22. The van der Waals surface area contributed by atoms with Crippen LogP contribution < -0.4 is 11.1 Å². The molecule has 0 bridgehead atoms. The van der Waals surface area contributed by atoms with Gasteiger partial charge in [-0.1, -0.05) is 11.8 Å². The lowest BCUT2D eigenvalue weighted by atomic mass is 10.1. The molecule has 0 saturated heterocycles. The third-order valence-electron chi connectivity index (χ3n) is 1.90. The smallest absolute Gasteiger partial charge is 0.101 e. The van der Waals surface area contributed by atoms with Gasteiger partial charge in [0.2, 0.25) is 0 Å². The average Bonchev–Trinajstić information content (AvgIpc) is 2.25. The molecule has 0 fully saturated rings. The first kappa shape index (κ1) is 11.1. The number of benzene rings is 1. The number of nitrogens with one attached hydrogen (secondary N) is 1. The summed E-state index contributed by atoms with van der Waals surface area (Å²) in [6.07, 6.45) is 0.802. The first-order valence-corrected chi connectivity index (χ1v) is 4.71. The van der Waals surface area contributed by atoms with Crippen LogP contribution in [0.25, 0.3) is 0 Å². The van der Waals surface area contributed by atoms with Gasteiger partial charge in [-0.2, -0.15) is 5.26 Å². The predicted octanol–water partition coefficient (Wildman–Crippen LogP) is 1.10. The van der Waals surface area contributed by atoms with Gasteiger partial charge in [0, 0.05) is 18.5 Å². The number of nitrogens with two attached hydrogens (primary N) is 1. The Labute approximate surface area is 89.9 Å². The van der Waals surface area contributed by atoms with E-state index in [1.807, 2.05) is 13.1 Å². The van der Waals surface area contributed by atoms with E-state index in [9.17, 15) is 0 Å². The van der Waals surface area contributed by atoms with Gasteiger partial charge in [0.25, 0.3) is 0 Å². The average molecular weight is 199 g/mol. The van der Waals surface area contributed by atoms with E-state index in [-0.39, 0.29) is 0 Å². The summed E-state index contributed by atoms with van der Waals surface area (Å²) < 4.78 is 0. The highest BCUT2D eigenvalue weighted by atomic mass is 14.8. The van der Waals surface area contributed by atoms with Crippen molar-refractivity contribution in [2.75, 3.05) is 19.3 Å². The SMILES string of the molecule is CNCCC#Cc1ccc(C#N)c(N)c1. The molecule has 3 nitrogen and oxygen atoms in total. The van der Waals surface area contributed by atoms with E-state index in [0.29, 0.717) is 11.3 Å². The molecule has 1 aromatic carbocycles. The second-order valence-electron chi connectivity index (χ2n) is 3.07. The highest BCUT2D eigenvalue weighted by Gasteiger charge is 1.96. The monoisotopic (exact) mass is 199 g/mol. The molecule has 0 atom stereocenters. The van der Waals surface area contributed by atoms with Crippen molar-refractivity contribution in [2.24, 2.45) is 0 Å². The molecular formula is C12H13N3. The molecule has 15 heavy (non-hydrogen) atoms. The van der Waals surface area contributed by atoms with Gasteiger partial charge in [0.1, 0.15) is 6.07 Å².